The molecule has 128 valence electrons. The van der Waals surface area contributed by atoms with Crippen LogP contribution in [0.4, 0.5) is 4.39 Å². The Bertz CT molecular complexity index is 531. The van der Waals surface area contributed by atoms with Gasteiger partial charge >= 0.3 is 0 Å². The van der Waals surface area contributed by atoms with Crippen molar-refractivity contribution in [2.75, 3.05) is 40.0 Å². The lowest BCUT2D eigenvalue weighted by atomic mass is 9.79. The molecule has 5 nitrogen and oxygen atoms in total. The largest absolute Gasteiger partial charge is 0.481 e. The number of rotatable bonds is 7. The fraction of sp³-hybridized carbons (Fsp3) is 0.562. The van der Waals surface area contributed by atoms with Crippen LogP contribution >= 0.6 is 15.9 Å². The first-order valence-corrected chi connectivity index (χ1v) is 8.38. The Morgan fingerprint density at radius 1 is 1.43 bits per heavy atom. The summed E-state index contributed by atoms with van der Waals surface area (Å²) in [5.41, 5.74) is -0.0431. The van der Waals surface area contributed by atoms with E-state index in [4.69, 9.17) is 9.47 Å². The Morgan fingerprint density at radius 3 is 2.83 bits per heavy atom. The quantitative estimate of drug-likeness (QED) is 0.750. The summed E-state index contributed by atoms with van der Waals surface area (Å²) in [6.45, 7) is 2.77. The number of piperidine rings is 1. The first-order valence-electron chi connectivity index (χ1n) is 7.59. The fourth-order valence-corrected chi connectivity index (χ4v) is 3.04. The lowest BCUT2D eigenvalue weighted by Crippen LogP contribution is -2.47. The minimum Gasteiger partial charge on any atom is -0.481 e. The number of hydrogen-bond donors (Lipinski definition) is 2. The van der Waals surface area contributed by atoms with Gasteiger partial charge in [-0.15, -0.1) is 0 Å². The topological polar surface area (TPSA) is 59.6 Å². The van der Waals surface area contributed by atoms with E-state index in [2.05, 4.69) is 26.6 Å². The third-order valence-corrected chi connectivity index (χ3v) is 4.52. The molecule has 0 aromatic heterocycles. The van der Waals surface area contributed by atoms with Crippen LogP contribution < -0.4 is 15.4 Å². The standard InChI is InChI=1S/C16H22BrFN2O3/c1-22-11-16(4-6-19-7-5-16)10-20-15(21)9-23-14-3-2-12(17)8-13(14)18/h2-3,8,19H,4-7,9-11H2,1H3,(H,20,21). The van der Waals surface area contributed by atoms with Gasteiger partial charge in [0.2, 0.25) is 0 Å². The first kappa shape index (κ1) is 18.2. The van der Waals surface area contributed by atoms with Crippen molar-refractivity contribution >= 4 is 21.8 Å². The number of ether oxygens (including phenoxy) is 2. The van der Waals surface area contributed by atoms with Crippen molar-refractivity contribution < 1.29 is 18.7 Å². The molecule has 1 heterocycles. The van der Waals surface area contributed by atoms with Crippen molar-refractivity contribution in [1.82, 2.24) is 10.6 Å². The molecule has 0 radical (unpaired) electrons. The van der Waals surface area contributed by atoms with Crippen molar-refractivity contribution in [1.29, 1.82) is 0 Å². The van der Waals surface area contributed by atoms with E-state index in [1.807, 2.05) is 0 Å². The maximum absolute atomic E-state index is 13.6. The summed E-state index contributed by atoms with van der Waals surface area (Å²) in [6.07, 6.45) is 1.90. The monoisotopic (exact) mass is 388 g/mol. The van der Waals surface area contributed by atoms with E-state index in [0.29, 0.717) is 17.6 Å². The number of carbonyl (C=O) groups excluding carboxylic acids is 1. The van der Waals surface area contributed by atoms with Crippen LogP contribution in [0.2, 0.25) is 0 Å². The van der Waals surface area contributed by atoms with E-state index < -0.39 is 5.82 Å². The van der Waals surface area contributed by atoms with E-state index in [9.17, 15) is 9.18 Å². The van der Waals surface area contributed by atoms with Gasteiger partial charge in [-0.1, -0.05) is 15.9 Å². The summed E-state index contributed by atoms with van der Waals surface area (Å²) in [4.78, 5) is 12.0. The normalized spacial score (nSPS) is 16.8. The summed E-state index contributed by atoms with van der Waals surface area (Å²) >= 11 is 3.17. The maximum Gasteiger partial charge on any atom is 0.257 e. The Morgan fingerprint density at radius 2 is 2.17 bits per heavy atom. The molecule has 1 aromatic rings. The highest BCUT2D eigenvalue weighted by Crippen LogP contribution is 2.28. The van der Waals surface area contributed by atoms with Crippen molar-refractivity contribution in [3.8, 4) is 5.75 Å². The Hall–Kier alpha value is -1.18. The number of carbonyl (C=O) groups is 1. The molecule has 0 bridgehead atoms. The number of amides is 1. The summed E-state index contributed by atoms with van der Waals surface area (Å²) in [5.74, 6) is -0.695. The second-order valence-corrected chi connectivity index (χ2v) is 6.74. The van der Waals surface area contributed by atoms with Gasteiger partial charge in [0.05, 0.1) is 6.61 Å². The molecule has 1 aliphatic heterocycles. The van der Waals surface area contributed by atoms with Crippen LogP contribution in [0.1, 0.15) is 12.8 Å². The Labute approximate surface area is 144 Å². The number of hydrogen-bond acceptors (Lipinski definition) is 4. The number of methoxy groups -OCH3 is 1. The molecule has 2 rings (SSSR count). The highest BCUT2D eigenvalue weighted by molar-refractivity contribution is 9.10. The number of benzene rings is 1. The van der Waals surface area contributed by atoms with Crippen LogP contribution in [0.5, 0.6) is 5.75 Å². The molecule has 1 saturated heterocycles. The second-order valence-electron chi connectivity index (χ2n) is 5.82. The summed E-state index contributed by atoms with van der Waals surface area (Å²) in [5, 5.41) is 6.18. The molecule has 1 amide bonds. The summed E-state index contributed by atoms with van der Waals surface area (Å²) in [7, 11) is 1.67. The SMILES string of the molecule is COCC1(CNC(=O)COc2ccc(Br)cc2F)CCNCC1. The molecule has 0 unspecified atom stereocenters. The average Bonchev–Trinajstić information content (AvgIpc) is 2.53. The van der Waals surface area contributed by atoms with E-state index >= 15 is 0 Å². The average molecular weight is 389 g/mol. The lowest BCUT2D eigenvalue weighted by molar-refractivity contribution is -0.124. The van der Waals surface area contributed by atoms with Crippen LogP contribution in [0.15, 0.2) is 22.7 Å². The summed E-state index contributed by atoms with van der Waals surface area (Å²) in [6, 6.07) is 4.46. The molecule has 2 N–H and O–H groups in total. The van der Waals surface area contributed by atoms with Crippen molar-refractivity contribution in [2.45, 2.75) is 12.8 Å². The van der Waals surface area contributed by atoms with Crippen LogP contribution in [0.3, 0.4) is 0 Å². The molecule has 0 aliphatic carbocycles. The Kier molecular flexibility index (Phi) is 6.80. The van der Waals surface area contributed by atoms with Crippen molar-refractivity contribution in [3.05, 3.63) is 28.5 Å². The van der Waals surface area contributed by atoms with Crippen LogP contribution in [-0.4, -0.2) is 45.9 Å². The van der Waals surface area contributed by atoms with Gasteiger partial charge < -0.3 is 20.1 Å². The molecule has 0 atom stereocenters. The zero-order chi connectivity index (χ0) is 16.7. The number of halogens is 2. The molecular weight excluding hydrogens is 367 g/mol. The molecule has 1 aromatic carbocycles. The smallest absolute Gasteiger partial charge is 0.257 e. The molecular formula is C16H22BrFN2O3. The highest BCUT2D eigenvalue weighted by atomic mass is 79.9. The number of nitrogens with one attached hydrogen (secondary N) is 2. The lowest BCUT2D eigenvalue weighted by Gasteiger charge is -2.37. The first-order chi connectivity index (χ1) is 11.0. The van der Waals surface area contributed by atoms with Crippen LogP contribution in [0.25, 0.3) is 0 Å². The molecule has 0 saturated carbocycles. The molecule has 1 fully saturated rings. The minimum absolute atomic E-state index is 0.0431. The van der Waals surface area contributed by atoms with Gasteiger partial charge in [-0.3, -0.25) is 4.79 Å². The van der Waals surface area contributed by atoms with E-state index in [1.54, 1.807) is 13.2 Å². The van der Waals surface area contributed by atoms with Gasteiger partial charge in [-0.05, 0) is 44.1 Å². The van der Waals surface area contributed by atoms with Gasteiger partial charge in [-0.2, -0.15) is 0 Å². The summed E-state index contributed by atoms with van der Waals surface area (Å²) < 4.78 is 24.8. The van der Waals surface area contributed by atoms with Crippen LogP contribution in [-0.2, 0) is 9.53 Å². The second kappa shape index (κ2) is 8.61. The van der Waals surface area contributed by atoms with E-state index in [0.717, 1.165) is 25.9 Å². The predicted molar refractivity (Wildman–Crippen MR) is 89.0 cm³/mol. The zero-order valence-electron chi connectivity index (χ0n) is 13.2. The molecule has 1 aliphatic rings. The van der Waals surface area contributed by atoms with Gasteiger partial charge in [0, 0.05) is 23.5 Å². The predicted octanol–water partition coefficient (Wildman–Crippen LogP) is 2.10. The Balaban J connectivity index is 1.81. The van der Waals surface area contributed by atoms with Gasteiger partial charge in [0.25, 0.3) is 5.91 Å². The van der Waals surface area contributed by atoms with E-state index in [-0.39, 0.29) is 23.7 Å². The molecule has 23 heavy (non-hydrogen) atoms. The van der Waals surface area contributed by atoms with Gasteiger partial charge in [0.15, 0.2) is 18.2 Å². The molecule has 7 heteroatoms. The zero-order valence-corrected chi connectivity index (χ0v) is 14.7. The van der Waals surface area contributed by atoms with Crippen molar-refractivity contribution in [2.24, 2.45) is 5.41 Å². The third-order valence-electron chi connectivity index (χ3n) is 4.03. The van der Waals surface area contributed by atoms with E-state index in [1.165, 1.54) is 12.1 Å². The molecule has 0 spiro atoms. The highest BCUT2D eigenvalue weighted by Gasteiger charge is 2.32. The van der Waals surface area contributed by atoms with Gasteiger partial charge in [-0.25, -0.2) is 4.39 Å². The maximum atomic E-state index is 13.6. The van der Waals surface area contributed by atoms with Crippen molar-refractivity contribution in [3.63, 3.8) is 0 Å². The fourth-order valence-electron chi connectivity index (χ4n) is 2.71. The van der Waals surface area contributed by atoms with Crippen LogP contribution in [0, 0.1) is 11.2 Å². The minimum atomic E-state index is -0.499. The van der Waals surface area contributed by atoms with Gasteiger partial charge in [0.1, 0.15) is 0 Å². The third kappa shape index (κ3) is 5.44.